The summed E-state index contributed by atoms with van der Waals surface area (Å²) in [4.78, 5) is 34.9. The van der Waals surface area contributed by atoms with Crippen LogP contribution < -0.4 is 4.74 Å². The third kappa shape index (κ3) is 4.17. The number of hydrogen-bond acceptors (Lipinski definition) is 7. The molecule has 1 N–H and O–H groups in total. The quantitative estimate of drug-likeness (QED) is 0.332. The zero-order chi connectivity index (χ0) is 24.5. The van der Waals surface area contributed by atoms with Gasteiger partial charge in [-0.2, -0.15) is 0 Å². The summed E-state index contributed by atoms with van der Waals surface area (Å²) in [5.74, 6) is -0.963. The second kappa shape index (κ2) is 9.52. The summed E-state index contributed by atoms with van der Waals surface area (Å²) in [6.45, 7) is 5.55. The number of Topliss-reactive ketones (excluding diaryl/α,β-unsaturated/α-hetero) is 1. The van der Waals surface area contributed by atoms with Gasteiger partial charge in [0.15, 0.2) is 5.76 Å². The van der Waals surface area contributed by atoms with Crippen LogP contribution in [-0.4, -0.2) is 82.5 Å². The number of benzene rings is 1. The summed E-state index contributed by atoms with van der Waals surface area (Å²) >= 11 is 0. The molecule has 4 heterocycles. The van der Waals surface area contributed by atoms with E-state index in [2.05, 4.69) is 9.88 Å². The molecule has 3 aromatic rings. The third-order valence-electron chi connectivity index (χ3n) is 6.64. The van der Waals surface area contributed by atoms with Crippen molar-refractivity contribution < 1.29 is 24.2 Å². The molecule has 0 saturated carbocycles. The number of aliphatic hydroxyl groups excluding tert-OH is 1. The summed E-state index contributed by atoms with van der Waals surface area (Å²) in [6, 6.07) is 12.0. The maximum Gasteiger partial charge on any atom is 0.295 e. The highest BCUT2D eigenvalue weighted by atomic mass is 16.5. The summed E-state index contributed by atoms with van der Waals surface area (Å²) < 4.78 is 12.6. The largest absolute Gasteiger partial charge is 0.505 e. The monoisotopic (exact) mass is 476 g/mol. The molecule has 0 spiro atoms. The van der Waals surface area contributed by atoms with Crippen molar-refractivity contribution in [3.05, 3.63) is 71.2 Å². The first-order chi connectivity index (χ1) is 17.0. The van der Waals surface area contributed by atoms with Crippen LogP contribution >= 0.6 is 0 Å². The van der Waals surface area contributed by atoms with Gasteiger partial charge in [-0.3, -0.25) is 18.9 Å². The fourth-order valence-electron chi connectivity index (χ4n) is 4.87. The van der Waals surface area contributed by atoms with Crippen molar-refractivity contribution in [3.63, 3.8) is 0 Å². The van der Waals surface area contributed by atoms with Crippen molar-refractivity contribution >= 4 is 23.1 Å². The molecule has 1 amide bonds. The topological polar surface area (TPSA) is 96.6 Å². The van der Waals surface area contributed by atoms with Gasteiger partial charge in [0.25, 0.3) is 11.7 Å². The molecule has 0 aliphatic carbocycles. The number of aromatic nitrogens is 2. The standard InChI is InChI=1S/C26H28N4O5/c1-17-22(29-9-4-3-8-20(29)27-17)24(31)21-23(18-6-5-7-19(16-18)34-2)30(26(33)25(21)32)11-10-28-12-14-35-15-13-28/h3-9,16,23,31H,10-15H2,1-2H3/t23-/m0/s1. The highest BCUT2D eigenvalue weighted by Crippen LogP contribution is 2.40. The number of carbonyl (C=O) groups is 2. The van der Waals surface area contributed by atoms with Crippen molar-refractivity contribution in [2.45, 2.75) is 13.0 Å². The second-order valence-corrected chi connectivity index (χ2v) is 8.70. The van der Waals surface area contributed by atoms with E-state index in [1.54, 1.807) is 41.7 Å². The molecule has 2 saturated heterocycles. The van der Waals surface area contributed by atoms with E-state index in [4.69, 9.17) is 9.47 Å². The Morgan fingerprint density at radius 2 is 1.94 bits per heavy atom. The van der Waals surface area contributed by atoms with Crippen LogP contribution in [0.3, 0.4) is 0 Å². The summed E-state index contributed by atoms with van der Waals surface area (Å²) in [6.07, 6.45) is 1.78. The summed E-state index contributed by atoms with van der Waals surface area (Å²) in [5.41, 5.74) is 2.36. The summed E-state index contributed by atoms with van der Waals surface area (Å²) in [7, 11) is 1.57. The number of carbonyl (C=O) groups excluding carboxylic acids is 2. The Hall–Kier alpha value is -3.69. The van der Waals surface area contributed by atoms with Gasteiger partial charge in [-0.15, -0.1) is 0 Å². The zero-order valence-electron chi connectivity index (χ0n) is 19.8. The number of hydrogen-bond donors (Lipinski definition) is 1. The molecule has 9 nitrogen and oxygen atoms in total. The maximum absolute atomic E-state index is 13.4. The molecule has 35 heavy (non-hydrogen) atoms. The van der Waals surface area contributed by atoms with E-state index in [0.29, 0.717) is 54.7 Å². The molecule has 2 aliphatic heterocycles. The number of methoxy groups -OCH3 is 1. The summed E-state index contributed by atoms with van der Waals surface area (Å²) in [5, 5.41) is 11.5. The molecule has 182 valence electrons. The molecule has 2 fully saturated rings. The van der Waals surface area contributed by atoms with E-state index >= 15 is 0 Å². The van der Waals surface area contributed by atoms with E-state index < -0.39 is 17.7 Å². The van der Waals surface area contributed by atoms with Crippen molar-refractivity contribution in [2.75, 3.05) is 46.5 Å². The van der Waals surface area contributed by atoms with Gasteiger partial charge in [-0.05, 0) is 36.8 Å². The third-order valence-corrected chi connectivity index (χ3v) is 6.64. The first kappa shape index (κ1) is 23.1. The molecule has 0 unspecified atom stereocenters. The number of fused-ring (bicyclic) bond motifs is 1. The number of aryl methyl sites for hydroxylation is 1. The Bertz CT molecular complexity index is 1310. The van der Waals surface area contributed by atoms with Gasteiger partial charge in [-0.1, -0.05) is 18.2 Å². The fourth-order valence-corrected chi connectivity index (χ4v) is 4.87. The smallest absolute Gasteiger partial charge is 0.295 e. The molecule has 0 bridgehead atoms. The highest BCUT2D eigenvalue weighted by molar-refractivity contribution is 6.46. The van der Waals surface area contributed by atoms with Crippen LogP contribution in [0.4, 0.5) is 0 Å². The lowest BCUT2D eigenvalue weighted by Gasteiger charge is -2.31. The van der Waals surface area contributed by atoms with Gasteiger partial charge >= 0.3 is 0 Å². The Balaban J connectivity index is 1.62. The number of aliphatic hydroxyl groups is 1. The number of morpholine rings is 1. The Kier molecular flexibility index (Phi) is 6.27. The Morgan fingerprint density at radius 3 is 2.71 bits per heavy atom. The molecule has 5 rings (SSSR count). The molecule has 1 atom stereocenters. The zero-order valence-corrected chi connectivity index (χ0v) is 19.8. The highest BCUT2D eigenvalue weighted by Gasteiger charge is 2.46. The van der Waals surface area contributed by atoms with Crippen molar-refractivity contribution in [3.8, 4) is 5.75 Å². The number of nitrogens with zero attached hydrogens (tertiary/aromatic N) is 4. The van der Waals surface area contributed by atoms with Crippen LogP contribution in [0.25, 0.3) is 11.4 Å². The number of amides is 1. The number of likely N-dealkylation sites (tertiary alicyclic amines) is 1. The average molecular weight is 477 g/mol. The lowest BCUT2D eigenvalue weighted by Crippen LogP contribution is -2.42. The second-order valence-electron chi connectivity index (χ2n) is 8.70. The van der Waals surface area contributed by atoms with Crippen LogP contribution in [0.15, 0.2) is 54.2 Å². The van der Waals surface area contributed by atoms with Gasteiger partial charge < -0.3 is 19.5 Å². The van der Waals surface area contributed by atoms with Crippen molar-refractivity contribution in [2.24, 2.45) is 0 Å². The lowest BCUT2D eigenvalue weighted by atomic mass is 9.96. The average Bonchev–Trinajstić information content (AvgIpc) is 3.35. The van der Waals surface area contributed by atoms with E-state index in [0.717, 1.165) is 13.1 Å². The first-order valence-corrected chi connectivity index (χ1v) is 11.7. The number of ketones is 1. The first-order valence-electron chi connectivity index (χ1n) is 11.7. The SMILES string of the molecule is COc1cccc([C@H]2C(=C(O)c3c(C)nc4ccccn34)C(=O)C(=O)N2CCN2CCOCC2)c1. The van der Waals surface area contributed by atoms with E-state index in [1.165, 1.54) is 0 Å². The van der Waals surface area contributed by atoms with Crippen molar-refractivity contribution in [1.82, 2.24) is 19.2 Å². The molecular formula is C26H28N4O5. The molecular weight excluding hydrogens is 448 g/mol. The molecule has 1 aromatic carbocycles. The van der Waals surface area contributed by atoms with Crippen molar-refractivity contribution in [1.29, 1.82) is 0 Å². The van der Waals surface area contributed by atoms with Gasteiger partial charge in [0.1, 0.15) is 17.1 Å². The number of pyridine rings is 1. The van der Waals surface area contributed by atoms with E-state index in [1.807, 2.05) is 30.3 Å². The van der Waals surface area contributed by atoms with Crippen LogP contribution in [0.2, 0.25) is 0 Å². The normalized spacial score (nSPS) is 20.6. The van der Waals surface area contributed by atoms with Gasteiger partial charge in [0, 0.05) is 32.4 Å². The van der Waals surface area contributed by atoms with Crippen LogP contribution in [0, 0.1) is 6.92 Å². The predicted octanol–water partition coefficient (Wildman–Crippen LogP) is 2.41. The van der Waals surface area contributed by atoms with Gasteiger partial charge in [0.05, 0.1) is 37.6 Å². The molecule has 9 heteroatoms. The number of imidazole rings is 1. The van der Waals surface area contributed by atoms with Gasteiger partial charge in [-0.25, -0.2) is 4.98 Å². The molecule has 2 aliphatic rings. The number of rotatable bonds is 6. The Labute approximate surface area is 203 Å². The van der Waals surface area contributed by atoms with Crippen LogP contribution in [-0.2, 0) is 14.3 Å². The minimum Gasteiger partial charge on any atom is -0.505 e. The minimum absolute atomic E-state index is 0.0546. The van der Waals surface area contributed by atoms with Crippen LogP contribution in [0.1, 0.15) is 23.0 Å². The van der Waals surface area contributed by atoms with E-state index in [-0.39, 0.29) is 11.3 Å². The number of ether oxygens (including phenoxy) is 2. The molecule has 2 aromatic heterocycles. The maximum atomic E-state index is 13.4. The van der Waals surface area contributed by atoms with E-state index in [9.17, 15) is 14.7 Å². The predicted molar refractivity (Wildman–Crippen MR) is 129 cm³/mol. The van der Waals surface area contributed by atoms with Crippen LogP contribution in [0.5, 0.6) is 5.75 Å². The Morgan fingerprint density at radius 1 is 1.14 bits per heavy atom. The van der Waals surface area contributed by atoms with Gasteiger partial charge in [0.2, 0.25) is 0 Å². The fraction of sp³-hybridized carbons (Fsp3) is 0.346. The minimum atomic E-state index is -0.750. The molecule has 0 radical (unpaired) electrons. The lowest BCUT2D eigenvalue weighted by molar-refractivity contribution is -0.140.